The van der Waals surface area contributed by atoms with Gasteiger partial charge in [-0.15, -0.1) is 0 Å². The van der Waals surface area contributed by atoms with Crippen LogP contribution in [-0.2, 0) is 9.53 Å². The Balaban J connectivity index is 2.39. The molecule has 0 fully saturated rings. The maximum Gasteiger partial charge on any atom is 0.341 e. The van der Waals surface area contributed by atoms with Gasteiger partial charge in [-0.2, -0.15) is 5.10 Å². The number of carbonyl (C=O) groups excluding carboxylic acids is 1. The van der Waals surface area contributed by atoms with E-state index in [1.54, 1.807) is 6.07 Å². The van der Waals surface area contributed by atoms with Crippen molar-refractivity contribution >= 4 is 5.97 Å². The third kappa shape index (κ3) is 2.19. The Morgan fingerprint density at radius 2 is 2.06 bits per heavy atom. The highest BCUT2D eigenvalue weighted by molar-refractivity contribution is 5.75. The number of benzene rings is 1. The molecule has 1 heterocycles. The van der Waals surface area contributed by atoms with Gasteiger partial charge in [-0.05, 0) is 18.2 Å². The van der Waals surface area contributed by atoms with Gasteiger partial charge in [0.05, 0.1) is 18.5 Å². The number of esters is 1. The fourth-order valence-corrected chi connectivity index (χ4v) is 1.54. The van der Waals surface area contributed by atoms with E-state index < -0.39 is 12.1 Å². The second-order valence-corrected chi connectivity index (χ2v) is 3.43. The minimum atomic E-state index is -1.33. The van der Waals surface area contributed by atoms with E-state index in [9.17, 15) is 9.90 Å². The summed E-state index contributed by atoms with van der Waals surface area (Å²) in [6.45, 7) is 0. The van der Waals surface area contributed by atoms with Gasteiger partial charge < -0.3 is 9.84 Å². The quantitative estimate of drug-likeness (QED) is 0.804. The van der Waals surface area contributed by atoms with Crippen LogP contribution < -0.4 is 0 Å². The third-order valence-electron chi connectivity index (χ3n) is 2.38. The number of aliphatic hydroxyl groups is 1. The van der Waals surface area contributed by atoms with Gasteiger partial charge in [0.25, 0.3) is 0 Å². The van der Waals surface area contributed by atoms with Gasteiger partial charge in [-0.1, -0.05) is 18.2 Å². The summed E-state index contributed by atoms with van der Waals surface area (Å²) in [7, 11) is 1.23. The number of hydrogen-bond donors (Lipinski definition) is 1. The van der Waals surface area contributed by atoms with Crippen molar-refractivity contribution in [3.05, 3.63) is 48.3 Å². The normalized spacial score (nSPS) is 12.1. The Hall–Kier alpha value is -2.14. The molecule has 1 atom stereocenters. The molecule has 2 rings (SSSR count). The molecule has 0 aliphatic carbocycles. The fraction of sp³-hybridized carbons (Fsp3) is 0.167. The molecule has 88 valence electrons. The van der Waals surface area contributed by atoms with Crippen molar-refractivity contribution in [1.29, 1.82) is 0 Å². The van der Waals surface area contributed by atoms with Crippen LogP contribution in [0.3, 0.4) is 0 Å². The van der Waals surface area contributed by atoms with E-state index >= 15 is 0 Å². The topological polar surface area (TPSA) is 64.3 Å². The molecule has 0 saturated heterocycles. The van der Waals surface area contributed by atoms with Crippen molar-refractivity contribution < 1.29 is 14.6 Å². The molecule has 17 heavy (non-hydrogen) atoms. The number of aromatic nitrogens is 2. The SMILES string of the molecule is COC(=O)C(O)c1ccnn1-c1ccccc1. The molecule has 0 aliphatic rings. The average Bonchev–Trinajstić information content (AvgIpc) is 2.87. The molecule has 5 nitrogen and oxygen atoms in total. The summed E-state index contributed by atoms with van der Waals surface area (Å²) in [5, 5.41) is 13.9. The Morgan fingerprint density at radius 1 is 1.35 bits per heavy atom. The third-order valence-corrected chi connectivity index (χ3v) is 2.38. The van der Waals surface area contributed by atoms with E-state index in [-0.39, 0.29) is 0 Å². The summed E-state index contributed by atoms with van der Waals surface area (Å²) in [6.07, 6.45) is 0.191. The van der Waals surface area contributed by atoms with E-state index in [4.69, 9.17) is 0 Å². The van der Waals surface area contributed by atoms with E-state index in [1.165, 1.54) is 18.0 Å². The molecule has 1 unspecified atom stereocenters. The summed E-state index contributed by atoms with van der Waals surface area (Å²) in [4.78, 5) is 11.3. The molecule has 5 heteroatoms. The minimum absolute atomic E-state index is 0.378. The molecular formula is C12H12N2O3. The van der Waals surface area contributed by atoms with Crippen LogP contribution >= 0.6 is 0 Å². The van der Waals surface area contributed by atoms with Crippen molar-refractivity contribution in [3.63, 3.8) is 0 Å². The smallest absolute Gasteiger partial charge is 0.341 e. The predicted octanol–water partition coefficient (Wildman–Crippen LogP) is 1.08. The first-order valence-electron chi connectivity index (χ1n) is 5.09. The van der Waals surface area contributed by atoms with Crippen LogP contribution in [0.5, 0.6) is 0 Å². The minimum Gasteiger partial charge on any atom is -0.467 e. The van der Waals surface area contributed by atoms with Crippen molar-refractivity contribution in [2.24, 2.45) is 0 Å². The number of carbonyl (C=O) groups is 1. The molecule has 2 aromatic rings. The van der Waals surface area contributed by atoms with Gasteiger partial charge in [-0.25, -0.2) is 9.48 Å². The van der Waals surface area contributed by atoms with Crippen molar-refractivity contribution in [3.8, 4) is 5.69 Å². The van der Waals surface area contributed by atoms with Crippen LogP contribution in [0.15, 0.2) is 42.6 Å². The molecule has 0 saturated carbocycles. The summed E-state index contributed by atoms with van der Waals surface area (Å²) in [5.74, 6) is -0.706. The number of nitrogens with zero attached hydrogens (tertiary/aromatic N) is 2. The zero-order valence-corrected chi connectivity index (χ0v) is 9.28. The standard InChI is InChI=1S/C12H12N2O3/c1-17-12(16)11(15)10-7-8-13-14(10)9-5-3-2-4-6-9/h2-8,11,15H,1H3. The lowest BCUT2D eigenvalue weighted by atomic mass is 10.2. The lowest BCUT2D eigenvalue weighted by Gasteiger charge is -2.11. The van der Waals surface area contributed by atoms with Crippen molar-refractivity contribution in [2.45, 2.75) is 6.10 Å². The van der Waals surface area contributed by atoms with Crippen LogP contribution in [0, 0.1) is 0 Å². The summed E-state index contributed by atoms with van der Waals surface area (Å²) in [5.41, 5.74) is 1.15. The second-order valence-electron chi connectivity index (χ2n) is 3.43. The molecule has 1 aromatic heterocycles. The first-order chi connectivity index (χ1) is 8.24. The molecule has 1 aromatic carbocycles. The van der Waals surface area contributed by atoms with E-state index in [0.29, 0.717) is 5.69 Å². The highest BCUT2D eigenvalue weighted by Crippen LogP contribution is 2.17. The number of ether oxygens (including phenoxy) is 1. The van der Waals surface area contributed by atoms with Gasteiger partial charge >= 0.3 is 5.97 Å². The van der Waals surface area contributed by atoms with Gasteiger partial charge in [0, 0.05) is 6.20 Å². The van der Waals surface area contributed by atoms with Crippen LogP contribution in [0.4, 0.5) is 0 Å². The number of para-hydroxylation sites is 1. The number of rotatable bonds is 3. The van der Waals surface area contributed by atoms with Gasteiger partial charge in [0.2, 0.25) is 0 Å². The average molecular weight is 232 g/mol. The van der Waals surface area contributed by atoms with Crippen LogP contribution in [0.1, 0.15) is 11.8 Å². The Morgan fingerprint density at radius 3 is 2.71 bits per heavy atom. The van der Waals surface area contributed by atoms with Crippen LogP contribution in [-0.4, -0.2) is 28.0 Å². The molecule has 1 N–H and O–H groups in total. The molecule has 0 spiro atoms. The fourth-order valence-electron chi connectivity index (χ4n) is 1.54. The van der Waals surface area contributed by atoms with Gasteiger partial charge in [-0.3, -0.25) is 0 Å². The largest absolute Gasteiger partial charge is 0.467 e. The van der Waals surface area contributed by atoms with Gasteiger partial charge in [0.15, 0.2) is 6.10 Å². The van der Waals surface area contributed by atoms with Gasteiger partial charge in [0.1, 0.15) is 0 Å². The molecule has 0 aliphatic heterocycles. The highest BCUT2D eigenvalue weighted by Gasteiger charge is 2.22. The van der Waals surface area contributed by atoms with Crippen LogP contribution in [0.25, 0.3) is 5.69 Å². The molecule has 0 amide bonds. The number of hydrogen-bond acceptors (Lipinski definition) is 4. The van der Waals surface area contributed by atoms with Crippen molar-refractivity contribution in [1.82, 2.24) is 9.78 Å². The summed E-state index contributed by atoms with van der Waals surface area (Å²) in [6, 6.07) is 10.8. The highest BCUT2D eigenvalue weighted by atomic mass is 16.5. The zero-order chi connectivity index (χ0) is 12.3. The Kier molecular flexibility index (Phi) is 3.20. The predicted molar refractivity (Wildman–Crippen MR) is 60.5 cm³/mol. The van der Waals surface area contributed by atoms with E-state index in [1.807, 2.05) is 30.3 Å². The first-order valence-corrected chi connectivity index (χ1v) is 5.09. The summed E-state index contributed by atoms with van der Waals surface area (Å²) < 4.78 is 6.00. The molecule has 0 radical (unpaired) electrons. The van der Waals surface area contributed by atoms with E-state index in [2.05, 4.69) is 9.84 Å². The van der Waals surface area contributed by atoms with E-state index in [0.717, 1.165) is 5.69 Å². The van der Waals surface area contributed by atoms with Crippen LogP contribution in [0.2, 0.25) is 0 Å². The zero-order valence-electron chi connectivity index (χ0n) is 9.28. The molecular weight excluding hydrogens is 220 g/mol. The Bertz CT molecular complexity index is 507. The van der Waals surface area contributed by atoms with Crippen molar-refractivity contribution in [2.75, 3.05) is 7.11 Å². The first kappa shape index (κ1) is 11.3. The lowest BCUT2D eigenvalue weighted by Crippen LogP contribution is -2.17. The maximum atomic E-state index is 11.3. The Labute approximate surface area is 98.3 Å². The lowest BCUT2D eigenvalue weighted by molar-refractivity contribution is -0.151. The molecule has 0 bridgehead atoms. The maximum absolute atomic E-state index is 11.3. The summed E-state index contributed by atoms with van der Waals surface area (Å²) >= 11 is 0. The number of aliphatic hydroxyl groups excluding tert-OH is 1. The monoisotopic (exact) mass is 232 g/mol. The second kappa shape index (κ2) is 4.80. The number of methoxy groups -OCH3 is 1.